The summed E-state index contributed by atoms with van der Waals surface area (Å²) < 4.78 is 10.0. The summed E-state index contributed by atoms with van der Waals surface area (Å²) >= 11 is 0. The number of methoxy groups -OCH3 is 1. The van der Waals surface area contributed by atoms with Gasteiger partial charge >= 0.3 is 12.0 Å². The number of carboxylic acid groups (broad SMARTS) is 1. The number of hydrogen-bond donors (Lipinski definition) is 3. The molecule has 3 amide bonds. The van der Waals surface area contributed by atoms with E-state index in [1.54, 1.807) is 7.11 Å². The van der Waals surface area contributed by atoms with Crippen LogP contribution in [-0.4, -0.2) is 56.5 Å². The Hall–Kier alpha value is -1.67. The van der Waals surface area contributed by atoms with Crippen LogP contribution >= 0.6 is 0 Å². The van der Waals surface area contributed by atoms with Crippen LogP contribution in [0.5, 0.6) is 0 Å². The minimum absolute atomic E-state index is 0.268. The Labute approximate surface area is 124 Å². The van der Waals surface area contributed by atoms with Crippen LogP contribution in [0.4, 0.5) is 4.79 Å². The number of amides is 3. The Morgan fingerprint density at radius 2 is 1.81 bits per heavy atom. The SMILES string of the molecule is COCCOCCCNC(=O)NC(=O)CC(C)(C)C(=O)O. The third-order valence-electron chi connectivity index (χ3n) is 2.62. The average molecular weight is 304 g/mol. The van der Waals surface area contributed by atoms with Crippen molar-refractivity contribution in [2.24, 2.45) is 5.41 Å². The second-order valence-corrected chi connectivity index (χ2v) is 5.13. The van der Waals surface area contributed by atoms with Gasteiger partial charge in [0.2, 0.25) is 5.91 Å². The van der Waals surface area contributed by atoms with E-state index in [1.807, 2.05) is 0 Å². The number of rotatable bonds is 10. The van der Waals surface area contributed by atoms with Gasteiger partial charge in [-0.15, -0.1) is 0 Å². The highest BCUT2D eigenvalue weighted by Gasteiger charge is 2.30. The van der Waals surface area contributed by atoms with Crippen molar-refractivity contribution in [2.75, 3.05) is 33.5 Å². The number of imide groups is 1. The van der Waals surface area contributed by atoms with Crippen LogP contribution in [0.2, 0.25) is 0 Å². The van der Waals surface area contributed by atoms with Crippen molar-refractivity contribution in [2.45, 2.75) is 26.7 Å². The van der Waals surface area contributed by atoms with Gasteiger partial charge in [0.25, 0.3) is 0 Å². The van der Waals surface area contributed by atoms with Gasteiger partial charge in [-0.25, -0.2) is 4.79 Å². The van der Waals surface area contributed by atoms with Crippen LogP contribution in [0.25, 0.3) is 0 Å². The summed E-state index contributed by atoms with van der Waals surface area (Å²) in [5.74, 6) is -1.72. The highest BCUT2D eigenvalue weighted by molar-refractivity contribution is 5.96. The number of carbonyl (C=O) groups excluding carboxylic acids is 2. The molecular weight excluding hydrogens is 280 g/mol. The van der Waals surface area contributed by atoms with Crippen LogP contribution in [-0.2, 0) is 19.1 Å². The summed E-state index contributed by atoms with van der Waals surface area (Å²) in [4.78, 5) is 33.8. The Morgan fingerprint density at radius 1 is 1.14 bits per heavy atom. The number of aliphatic carboxylic acids is 1. The lowest BCUT2D eigenvalue weighted by Crippen LogP contribution is -2.42. The van der Waals surface area contributed by atoms with Crippen molar-refractivity contribution in [3.05, 3.63) is 0 Å². The number of nitrogens with one attached hydrogen (secondary N) is 2. The fourth-order valence-corrected chi connectivity index (χ4v) is 1.31. The smallest absolute Gasteiger partial charge is 0.321 e. The Balaban J connectivity index is 3.75. The lowest BCUT2D eigenvalue weighted by Gasteiger charge is -2.17. The molecule has 0 unspecified atom stereocenters. The lowest BCUT2D eigenvalue weighted by atomic mass is 9.89. The average Bonchev–Trinajstić information content (AvgIpc) is 2.36. The van der Waals surface area contributed by atoms with Gasteiger partial charge < -0.3 is 19.9 Å². The summed E-state index contributed by atoms with van der Waals surface area (Å²) in [6.45, 7) is 4.68. The van der Waals surface area contributed by atoms with E-state index in [9.17, 15) is 14.4 Å². The van der Waals surface area contributed by atoms with Crippen molar-refractivity contribution in [1.29, 1.82) is 0 Å². The minimum Gasteiger partial charge on any atom is -0.481 e. The van der Waals surface area contributed by atoms with Crippen LogP contribution in [0.15, 0.2) is 0 Å². The maximum absolute atomic E-state index is 11.5. The van der Waals surface area contributed by atoms with Crippen molar-refractivity contribution in [3.8, 4) is 0 Å². The van der Waals surface area contributed by atoms with Crippen LogP contribution in [0, 0.1) is 5.41 Å². The molecule has 122 valence electrons. The van der Waals surface area contributed by atoms with Crippen molar-refractivity contribution < 1.29 is 29.0 Å². The van der Waals surface area contributed by atoms with Gasteiger partial charge in [-0.05, 0) is 20.3 Å². The molecule has 0 aromatic heterocycles. The molecule has 0 atom stereocenters. The number of urea groups is 1. The molecule has 0 aliphatic heterocycles. The normalized spacial score (nSPS) is 11.0. The van der Waals surface area contributed by atoms with Crippen molar-refractivity contribution in [3.63, 3.8) is 0 Å². The maximum Gasteiger partial charge on any atom is 0.321 e. The summed E-state index contributed by atoms with van der Waals surface area (Å²) in [6.07, 6.45) is 0.335. The molecule has 0 spiro atoms. The molecule has 21 heavy (non-hydrogen) atoms. The first-order chi connectivity index (χ1) is 9.79. The predicted molar refractivity (Wildman–Crippen MR) is 74.9 cm³/mol. The topological polar surface area (TPSA) is 114 Å². The Morgan fingerprint density at radius 3 is 2.38 bits per heavy atom. The third kappa shape index (κ3) is 9.80. The highest BCUT2D eigenvalue weighted by atomic mass is 16.5. The van der Waals surface area contributed by atoms with Gasteiger partial charge in [0.1, 0.15) is 0 Å². The van der Waals surface area contributed by atoms with E-state index in [2.05, 4.69) is 10.6 Å². The van der Waals surface area contributed by atoms with Crippen molar-refractivity contribution >= 4 is 17.9 Å². The van der Waals surface area contributed by atoms with Gasteiger partial charge in [0.05, 0.1) is 18.6 Å². The minimum atomic E-state index is -1.21. The van der Waals surface area contributed by atoms with Crippen LogP contribution in [0.1, 0.15) is 26.7 Å². The number of hydrogen-bond acceptors (Lipinski definition) is 5. The molecule has 0 heterocycles. The van der Waals surface area contributed by atoms with Gasteiger partial charge in [-0.1, -0.05) is 0 Å². The second kappa shape index (κ2) is 10.1. The molecule has 0 rings (SSSR count). The molecule has 0 aliphatic rings. The quantitative estimate of drug-likeness (QED) is 0.502. The highest BCUT2D eigenvalue weighted by Crippen LogP contribution is 2.19. The van der Waals surface area contributed by atoms with Crippen LogP contribution in [0.3, 0.4) is 0 Å². The van der Waals surface area contributed by atoms with E-state index in [4.69, 9.17) is 14.6 Å². The predicted octanol–water partition coefficient (Wildman–Crippen LogP) is 0.366. The zero-order chi connectivity index (χ0) is 16.3. The zero-order valence-electron chi connectivity index (χ0n) is 12.7. The molecule has 0 aromatic rings. The zero-order valence-corrected chi connectivity index (χ0v) is 12.7. The molecule has 0 radical (unpaired) electrons. The van der Waals surface area contributed by atoms with Gasteiger partial charge in [-0.2, -0.15) is 0 Å². The molecule has 8 heteroatoms. The summed E-state index contributed by atoms with van der Waals surface area (Å²) in [5.41, 5.74) is -1.21. The molecule has 0 saturated carbocycles. The summed E-state index contributed by atoms with van der Waals surface area (Å²) in [7, 11) is 1.58. The maximum atomic E-state index is 11.5. The van der Waals surface area contributed by atoms with Crippen molar-refractivity contribution in [1.82, 2.24) is 10.6 Å². The molecule has 3 N–H and O–H groups in total. The molecule has 0 bridgehead atoms. The first kappa shape index (κ1) is 19.3. The molecule has 8 nitrogen and oxygen atoms in total. The number of ether oxygens (including phenoxy) is 2. The monoisotopic (exact) mass is 304 g/mol. The van der Waals surface area contributed by atoms with E-state index in [-0.39, 0.29) is 6.42 Å². The number of carbonyl (C=O) groups is 3. The second-order valence-electron chi connectivity index (χ2n) is 5.13. The molecule has 0 aromatic carbocycles. The van der Waals surface area contributed by atoms with Crippen LogP contribution < -0.4 is 10.6 Å². The molecule has 0 aliphatic carbocycles. The van der Waals surface area contributed by atoms with E-state index in [1.165, 1.54) is 13.8 Å². The fraction of sp³-hybridized carbons (Fsp3) is 0.769. The first-order valence-electron chi connectivity index (χ1n) is 6.67. The third-order valence-corrected chi connectivity index (χ3v) is 2.62. The fourth-order valence-electron chi connectivity index (χ4n) is 1.31. The molecule has 0 saturated heterocycles. The van der Waals surface area contributed by atoms with E-state index in [0.717, 1.165) is 0 Å². The number of carboxylic acids is 1. The Kier molecular flexibility index (Phi) is 9.31. The van der Waals surface area contributed by atoms with E-state index in [0.29, 0.717) is 32.8 Å². The first-order valence-corrected chi connectivity index (χ1v) is 6.67. The van der Waals surface area contributed by atoms with Gasteiger partial charge in [0.15, 0.2) is 0 Å². The summed E-state index contributed by atoms with van der Waals surface area (Å²) in [6, 6.07) is -0.641. The van der Waals surface area contributed by atoms with E-state index < -0.39 is 23.3 Å². The standard InChI is InChI=1S/C13H24N2O6/c1-13(2,11(17)18)9-10(16)15-12(19)14-5-4-6-21-8-7-20-3/h4-9H2,1-3H3,(H,17,18)(H2,14,15,16,19). The lowest BCUT2D eigenvalue weighted by molar-refractivity contribution is -0.149. The largest absolute Gasteiger partial charge is 0.481 e. The van der Waals surface area contributed by atoms with Gasteiger partial charge in [0, 0.05) is 26.7 Å². The molecular formula is C13H24N2O6. The molecule has 0 fully saturated rings. The van der Waals surface area contributed by atoms with E-state index >= 15 is 0 Å². The summed E-state index contributed by atoms with van der Waals surface area (Å²) in [5, 5.41) is 13.5. The van der Waals surface area contributed by atoms with Gasteiger partial charge in [-0.3, -0.25) is 14.9 Å². The Bertz CT molecular complexity index is 357.